The highest BCUT2D eigenvalue weighted by molar-refractivity contribution is 14.0. The Morgan fingerprint density at radius 1 is 1.17 bits per heavy atom. The summed E-state index contributed by atoms with van der Waals surface area (Å²) >= 11 is 0. The molecule has 3 N–H and O–H groups in total. The number of guanidine groups is 1. The maximum atomic E-state index is 5.84. The highest BCUT2D eigenvalue weighted by atomic mass is 127. The fourth-order valence-electron chi connectivity index (χ4n) is 1.88. The number of rotatable bonds is 10. The van der Waals surface area contributed by atoms with Gasteiger partial charge in [-0.3, -0.25) is 0 Å². The number of halogens is 1. The summed E-state index contributed by atoms with van der Waals surface area (Å²) in [5, 5.41) is 3.04. The van der Waals surface area contributed by atoms with Crippen LogP contribution in [0.1, 0.15) is 25.8 Å². The third-order valence-electron chi connectivity index (χ3n) is 3.27. The minimum Gasteiger partial charge on any atom is -0.493 e. The Kier molecular flexibility index (Phi) is 12.4. The second-order valence-electron chi connectivity index (χ2n) is 5.61. The van der Waals surface area contributed by atoms with Crippen molar-refractivity contribution < 1.29 is 14.2 Å². The van der Waals surface area contributed by atoms with Gasteiger partial charge in [-0.15, -0.1) is 24.0 Å². The van der Waals surface area contributed by atoms with E-state index >= 15 is 0 Å². The van der Waals surface area contributed by atoms with Crippen molar-refractivity contribution in [3.05, 3.63) is 23.8 Å². The molecule has 1 aromatic rings. The van der Waals surface area contributed by atoms with Crippen molar-refractivity contribution >= 4 is 29.9 Å². The van der Waals surface area contributed by atoms with E-state index in [4.69, 9.17) is 19.9 Å². The molecule has 0 heterocycles. The summed E-state index contributed by atoms with van der Waals surface area (Å²) in [4.78, 5) is 4.30. The average Bonchev–Trinajstić information content (AvgIpc) is 2.55. The van der Waals surface area contributed by atoms with Crippen molar-refractivity contribution in [3.63, 3.8) is 0 Å². The smallest absolute Gasteiger partial charge is 0.188 e. The van der Waals surface area contributed by atoms with Crippen molar-refractivity contribution in [2.75, 3.05) is 34.0 Å². The van der Waals surface area contributed by atoms with Gasteiger partial charge in [-0.1, -0.05) is 19.9 Å². The molecular formula is C17H30IN3O3. The van der Waals surface area contributed by atoms with Gasteiger partial charge in [0.1, 0.15) is 0 Å². The van der Waals surface area contributed by atoms with E-state index in [1.165, 1.54) is 0 Å². The molecule has 7 heteroatoms. The summed E-state index contributed by atoms with van der Waals surface area (Å²) < 4.78 is 16.0. The number of nitrogens with two attached hydrogens (primary N) is 1. The normalized spacial score (nSPS) is 11.1. The fraction of sp³-hybridized carbons (Fsp3) is 0.588. The first-order valence-corrected chi connectivity index (χ1v) is 7.89. The lowest BCUT2D eigenvalue weighted by molar-refractivity contribution is 0.128. The van der Waals surface area contributed by atoms with Crippen molar-refractivity contribution in [2.45, 2.75) is 26.8 Å². The molecule has 1 aromatic carbocycles. The van der Waals surface area contributed by atoms with Gasteiger partial charge >= 0.3 is 0 Å². The topological polar surface area (TPSA) is 78.1 Å². The van der Waals surface area contributed by atoms with Crippen molar-refractivity contribution in [2.24, 2.45) is 16.6 Å². The molecule has 6 nitrogen and oxygen atoms in total. The summed E-state index contributed by atoms with van der Waals surface area (Å²) in [5.41, 5.74) is 6.84. The zero-order valence-electron chi connectivity index (χ0n) is 15.0. The molecule has 0 unspecified atom stereocenters. The number of benzene rings is 1. The zero-order valence-corrected chi connectivity index (χ0v) is 17.3. The van der Waals surface area contributed by atoms with Crippen LogP contribution in [0.25, 0.3) is 0 Å². The third-order valence-corrected chi connectivity index (χ3v) is 3.27. The van der Waals surface area contributed by atoms with E-state index in [1.54, 1.807) is 14.2 Å². The summed E-state index contributed by atoms with van der Waals surface area (Å²) in [6.07, 6.45) is 1.07. The minimum absolute atomic E-state index is 0. The van der Waals surface area contributed by atoms with E-state index in [2.05, 4.69) is 24.2 Å². The number of methoxy groups -OCH3 is 2. The summed E-state index contributed by atoms with van der Waals surface area (Å²) in [5.74, 6) is 2.46. The minimum atomic E-state index is 0. The van der Waals surface area contributed by atoms with Gasteiger partial charge in [0.15, 0.2) is 17.5 Å². The number of aliphatic imine (C=N–C) groups is 1. The van der Waals surface area contributed by atoms with Crippen LogP contribution in [0.2, 0.25) is 0 Å². The number of hydrogen-bond acceptors (Lipinski definition) is 4. The summed E-state index contributed by atoms with van der Waals surface area (Å²) in [7, 11) is 3.22. The second kappa shape index (κ2) is 13.1. The Morgan fingerprint density at radius 3 is 2.50 bits per heavy atom. The quantitative estimate of drug-likeness (QED) is 0.248. The molecular weight excluding hydrogens is 421 g/mol. The van der Waals surface area contributed by atoms with E-state index < -0.39 is 0 Å². The van der Waals surface area contributed by atoms with Crippen LogP contribution in [-0.2, 0) is 11.3 Å². The van der Waals surface area contributed by atoms with Gasteiger partial charge in [0.2, 0.25) is 0 Å². The Hall–Kier alpha value is -1.22. The SMILES string of the molecule is COc1ccc(CN=C(N)NCCOCCC(C)C)cc1OC.I. The lowest BCUT2D eigenvalue weighted by atomic mass is 10.1. The van der Waals surface area contributed by atoms with Crippen LogP contribution in [0, 0.1) is 5.92 Å². The number of nitrogens with zero attached hydrogens (tertiary/aromatic N) is 1. The molecule has 0 spiro atoms. The number of nitrogens with one attached hydrogen (secondary N) is 1. The van der Waals surface area contributed by atoms with Crippen LogP contribution in [0.15, 0.2) is 23.2 Å². The first-order valence-electron chi connectivity index (χ1n) is 7.89. The van der Waals surface area contributed by atoms with Crippen LogP contribution in [0.3, 0.4) is 0 Å². The maximum absolute atomic E-state index is 5.84. The Bertz CT molecular complexity index is 496. The summed E-state index contributed by atoms with van der Waals surface area (Å²) in [6, 6.07) is 5.69. The van der Waals surface area contributed by atoms with Gasteiger partial charge in [0.05, 0.1) is 27.4 Å². The molecule has 0 bridgehead atoms. The first kappa shape index (κ1) is 22.8. The van der Waals surface area contributed by atoms with Crippen LogP contribution in [-0.4, -0.2) is 39.9 Å². The highest BCUT2D eigenvalue weighted by Crippen LogP contribution is 2.27. The molecule has 0 saturated carbocycles. The van der Waals surface area contributed by atoms with Crippen molar-refractivity contribution in [3.8, 4) is 11.5 Å². The molecule has 1 rings (SSSR count). The van der Waals surface area contributed by atoms with Crippen LogP contribution in [0.5, 0.6) is 11.5 Å². The predicted molar refractivity (Wildman–Crippen MR) is 109 cm³/mol. The molecule has 0 atom stereocenters. The molecule has 0 aliphatic heterocycles. The average molecular weight is 451 g/mol. The lowest BCUT2D eigenvalue weighted by Gasteiger charge is -2.09. The molecule has 0 radical (unpaired) electrons. The molecule has 0 aromatic heterocycles. The van der Waals surface area contributed by atoms with Gasteiger partial charge in [0, 0.05) is 13.2 Å². The van der Waals surface area contributed by atoms with Gasteiger partial charge in [-0.05, 0) is 30.0 Å². The molecule has 0 aliphatic carbocycles. The van der Waals surface area contributed by atoms with E-state index in [0.29, 0.717) is 43.1 Å². The Balaban J connectivity index is 0.00000529. The monoisotopic (exact) mass is 451 g/mol. The largest absolute Gasteiger partial charge is 0.493 e. The van der Waals surface area contributed by atoms with Crippen molar-refractivity contribution in [1.29, 1.82) is 0 Å². The molecule has 138 valence electrons. The van der Waals surface area contributed by atoms with Crippen molar-refractivity contribution in [1.82, 2.24) is 5.32 Å². The van der Waals surface area contributed by atoms with E-state index in [1.807, 2.05) is 18.2 Å². The van der Waals surface area contributed by atoms with E-state index in [0.717, 1.165) is 18.6 Å². The van der Waals surface area contributed by atoms with Crippen LogP contribution >= 0.6 is 24.0 Å². The van der Waals surface area contributed by atoms with Gasteiger partial charge in [-0.25, -0.2) is 4.99 Å². The number of hydrogen-bond donors (Lipinski definition) is 2. The van der Waals surface area contributed by atoms with Crippen LogP contribution in [0.4, 0.5) is 0 Å². The predicted octanol–water partition coefficient (Wildman–Crippen LogP) is 2.79. The lowest BCUT2D eigenvalue weighted by Crippen LogP contribution is -2.34. The molecule has 0 fully saturated rings. The van der Waals surface area contributed by atoms with Gasteiger partial charge < -0.3 is 25.3 Å². The first-order chi connectivity index (χ1) is 11.1. The molecule has 0 aliphatic rings. The van der Waals surface area contributed by atoms with Crippen LogP contribution < -0.4 is 20.5 Å². The summed E-state index contributed by atoms with van der Waals surface area (Å²) in [6.45, 7) is 6.90. The fourth-order valence-corrected chi connectivity index (χ4v) is 1.88. The highest BCUT2D eigenvalue weighted by Gasteiger charge is 2.04. The molecule has 0 saturated heterocycles. The molecule has 24 heavy (non-hydrogen) atoms. The van der Waals surface area contributed by atoms with E-state index in [-0.39, 0.29) is 24.0 Å². The maximum Gasteiger partial charge on any atom is 0.188 e. The second-order valence-corrected chi connectivity index (χ2v) is 5.61. The molecule has 0 amide bonds. The Morgan fingerprint density at radius 2 is 1.88 bits per heavy atom. The third kappa shape index (κ3) is 9.17. The zero-order chi connectivity index (χ0) is 17.1. The van der Waals surface area contributed by atoms with Gasteiger partial charge in [0.25, 0.3) is 0 Å². The Labute approximate surface area is 162 Å². The van der Waals surface area contributed by atoms with Gasteiger partial charge in [-0.2, -0.15) is 0 Å². The number of ether oxygens (including phenoxy) is 3. The van der Waals surface area contributed by atoms with E-state index in [9.17, 15) is 0 Å². The standard InChI is InChI=1S/C17H29N3O3.HI/c1-13(2)7-9-23-10-8-19-17(18)20-12-14-5-6-15(21-3)16(11-14)22-4;/h5-6,11,13H,7-10,12H2,1-4H3,(H3,18,19,20);1H.